The van der Waals surface area contributed by atoms with Gasteiger partial charge in [0.2, 0.25) is 0 Å². The molecule has 0 aliphatic heterocycles. The monoisotopic (exact) mass is 365 g/mol. The molecule has 136 valence electrons. The average Bonchev–Trinajstić information content (AvgIpc) is 2.59. The second kappa shape index (κ2) is 6.82. The van der Waals surface area contributed by atoms with Gasteiger partial charge in [-0.3, -0.25) is 0 Å². The molecule has 3 rings (SSSR count). The molecule has 2 aromatic carbocycles. The molecule has 3 nitrogen and oxygen atoms in total. The van der Waals surface area contributed by atoms with Crippen molar-refractivity contribution < 1.29 is 22.0 Å². The Kier molecular flexibility index (Phi) is 4.71. The highest BCUT2D eigenvalue weighted by atomic mass is 19.4. The third-order valence-corrected chi connectivity index (χ3v) is 4.07. The number of anilines is 1. The highest BCUT2D eigenvalue weighted by Gasteiger charge is 2.33. The normalized spacial score (nSPS) is 11.7. The zero-order valence-electron chi connectivity index (χ0n) is 13.8. The molecule has 0 radical (unpaired) electrons. The number of rotatable bonds is 4. The van der Waals surface area contributed by atoms with Crippen LogP contribution < -0.4 is 10.5 Å². The minimum absolute atomic E-state index is 0.125. The summed E-state index contributed by atoms with van der Waals surface area (Å²) in [7, 11) is 0. The lowest BCUT2D eigenvalue weighted by Crippen LogP contribution is -2.22. The molecule has 26 heavy (non-hydrogen) atoms. The van der Waals surface area contributed by atoms with Crippen LogP contribution in [0.5, 0.6) is 0 Å². The Balaban J connectivity index is 2.01. The number of nitrogens with zero attached hydrogens (tertiary/aromatic N) is 1. The predicted octanol–water partition coefficient (Wildman–Crippen LogP) is 4.98. The van der Waals surface area contributed by atoms with E-state index in [2.05, 4.69) is 0 Å². The molecule has 0 saturated carbocycles. The van der Waals surface area contributed by atoms with Gasteiger partial charge in [-0.2, -0.15) is 13.2 Å². The first-order valence-electron chi connectivity index (χ1n) is 7.92. The molecular weight excluding hydrogens is 350 g/mol. The molecule has 1 aromatic heterocycles. The van der Waals surface area contributed by atoms with E-state index >= 15 is 0 Å². The van der Waals surface area contributed by atoms with Crippen LogP contribution in [0.1, 0.15) is 18.1 Å². The van der Waals surface area contributed by atoms with Crippen LogP contribution in [0, 0.1) is 5.82 Å². The van der Waals surface area contributed by atoms with Crippen LogP contribution in [0.4, 0.5) is 23.2 Å². The topological polar surface area (TPSA) is 33.5 Å². The van der Waals surface area contributed by atoms with E-state index < -0.39 is 17.4 Å². The van der Waals surface area contributed by atoms with Crippen LogP contribution >= 0.6 is 0 Å². The second-order valence-electron chi connectivity index (χ2n) is 5.80. The number of hydrogen-bond acceptors (Lipinski definition) is 3. The summed E-state index contributed by atoms with van der Waals surface area (Å²) in [5.74, 6) is -0.344. The van der Waals surface area contributed by atoms with Crippen LogP contribution in [-0.4, -0.2) is 6.54 Å². The van der Waals surface area contributed by atoms with Crippen LogP contribution in [-0.2, 0) is 12.7 Å². The molecule has 0 spiro atoms. The fourth-order valence-corrected chi connectivity index (χ4v) is 2.78. The second-order valence-corrected chi connectivity index (χ2v) is 5.80. The number of halogens is 4. The van der Waals surface area contributed by atoms with Crippen LogP contribution in [0.25, 0.3) is 11.0 Å². The van der Waals surface area contributed by atoms with Crippen molar-refractivity contribution in [2.24, 2.45) is 0 Å². The Labute approximate surface area is 146 Å². The molecule has 0 atom stereocenters. The zero-order valence-corrected chi connectivity index (χ0v) is 13.8. The SMILES string of the molecule is CCN(Cc1ccc(F)cc1)c1ccc2c(C(F)(F)F)cc(=O)oc2c1. The summed E-state index contributed by atoms with van der Waals surface area (Å²) in [5, 5.41) is -0.168. The predicted molar refractivity (Wildman–Crippen MR) is 90.6 cm³/mol. The summed E-state index contributed by atoms with van der Waals surface area (Å²) in [6.07, 6.45) is -4.64. The van der Waals surface area contributed by atoms with E-state index in [1.54, 1.807) is 18.2 Å². The lowest BCUT2D eigenvalue weighted by Gasteiger charge is -2.23. The standard InChI is InChI=1S/C19H15F4NO2/c1-2-24(11-12-3-5-13(20)6-4-12)14-7-8-15-16(19(21,22)23)10-18(25)26-17(15)9-14/h3-10H,2,11H2,1H3. The van der Waals surface area contributed by atoms with Gasteiger partial charge in [-0.15, -0.1) is 0 Å². The Morgan fingerprint density at radius 2 is 1.73 bits per heavy atom. The fraction of sp³-hybridized carbons (Fsp3) is 0.211. The van der Waals surface area contributed by atoms with Gasteiger partial charge in [-0.25, -0.2) is 9.18 Å². The maximum atomic E-state index is 13.1. The van der Waals surface area contributed by atoms with Gasteiger partial charge in [0.25, 0.3) is 0 Å². The first-order chi connectivity index (χ1) is 12.3. The van der Waals surface area contributed by atoms with Crippen LogP contribution in [0.3, 0.4) is 0 Å². The van der Waals surface area contributed by atoms with Crippen molar-refractivity contribution in [2.75, 3.05) is 11.4 Å². The van der Waals surface area contributed by atoms with Gasteiger partial charge >= 0.3 is 11.8 Å². The first kappa shape index (κ1) is 18.0. The Hall–Kier alpha value is -2.83. The molecular formula is C19H15F4NO2. The van der Waals surface area contributed by atoms with Gasteiger partial charge in [0, 0.05) is 36.3 Å². The summed E-state index contributed by atoms with van der Waals surface area (Å²) < 4.78 is 57.4. The van der Waals surface area contributed by atoms with Crippen molar-refractivity contribution in [3.63, 3.8) is 0 Å². The molecule has 0 bridgehead atoms. The lowest BCUT2D eigenvalue weighted by atomic mass is 10.1. The van der Waals surface area contributed by atoms with E-state index in [1.165, 1.54) is 24.3 Å². The van der Waals surface area contributed by atoms with E-state index in [0.717, 1.165) is 5.56 Å². The number of benzene rings is 2. The van der Waals surface area contributed by atoms with Gasteiger partial charge in [-0.05, 0) is 36.8 Å². The minimum Gasteiger partial charge on any atom is -0.423 e. The summed E-state index contributed by atoms with van der Waals surface area (Å²) >= 11 is 0. The van der Waals surface area contributed by atoms with Gasteiger partial charge < -0.3 is 9.32 Å². The summed E-state index contributed by atoms with van der Waals surface area (Å²) in [6.45, 7) is 2.88. The fourth-order valence-electron chi connectivity index (χ4n) is 2.78. The van der Waals surface area contributed by atoms with Crippen molar-refractivity contribution >= 4 is 16.7 Å². The van der Waals surface area contributed by atoms with E-state index in [4.69, 9.17) is 4.42 Å². The number of fused-ring (bicyclic) bond motifs is 1. The number of hydrogen-bond donors (Lipinski definition) is 0. The Bertz CT molecular complexity index is 977. The maximum Gasteiger partial charge on any atom is 0.417 e. The van der Waals surface area contributed by atoms with E-state index in [9.17, 15) is 22.4 Å². The maximum absolute atomic E-state index is 13.1. The van der Waals surface area contributed by atoms with Crippen LogP contribution in [0.15, 0.2) is 57.7 Å². The van der Waals surface area contributed by atoms with Gasteiger partial charge in [0.1, 0.15) is 11.4 Å². The summed E-state index contributed by atoms with van der Waals surface area (Å²) in [4.78, 5) is 13.4. The molecule has 0 aliphatic rings. The summed E-state index contributed by atoms with van der Waals surface area (Å²) in [5.41, 5.74) is -0.744. The third kappa shape index (κ3) is 3.71. The lowest BCUT2D eigenvalue weighted by molar-refractivity contribution is -0.136. The molecule has 0 unspecified atom stereocenters. The Morgan fingerprint density at radius 1 is 1.04 bits per heavy atom. The minimum atomic E-state index is -4.64. The van der Waals surface area contributed by atoms with E-state index in [1.807, 2.05) is 11.8 Å². The molecule has 1 heterocycles. The zero-order chi connectivity index (χ0) is 18.9. The third-order valence-electron chi connectivity index (χ3n) is 4.07. The van der Waals surface area contributed by atoms with Crippen molar-refractivity contribution in [1.82, 2.24) is 0 Å². The molecule has 0 aliphatic carbocycles. The van der Waals surface area contributed by atoms with E-state index in [0.29, 0.717) is 24.8 Å². The van der Waals surface area contributed by atoms with E-state index in [-0.39, 0.29) is 16.8 Å². The molecule has 3 aromatic rings. The van der Waals surface area contributed by atoms with Gasteiger partial charge in [0.05, 0.1) is 5.56 Å². The number of alkyl halides is 3. The highest BCUT2D eigenvalue weighted by molar-refractivity contribution is 5.84. The Morgan fingerprint density at radius 3 is 2.35 bits per heavy atom. The largest absolute Gasteiger partial charge is 0.423 e. The molecule has 0 N–H and O–H groups in total. The first-order valence-corrected chi connectivity index (χ1v) is 7.92. The van der Waals surface area contributed by atoms with Crippen molar-refractivity contribution in [3.8, 4) is 0 Å². The molecule has 7 heteroatoms. The molecule has 0 amide bonds. The van der Waals surface area contributed by atoms with Crippen molar-refractivity contribution in [2.45, 2.75) is 19.6 Å². The average molecular weight is 365 g/mol. The van der Waals surface area contributed by atoms with Gasteiger partial charge in [0.15, 0.2) is 0 Å². The quantitative estimate of drug-likeness (QED) is 0.483. The van der Waals surface area contributed by atoms with Gasteiger partial charge in [-0.1, -0.05) is 12.1 Å². The summed E-state index contributed by atoms with van der Waals surface area (Å²) in [6, 6.07) is 10.7. The smallest absolute Gasteiger partial charge is 0.417 e. The molecule has 0 fully saturated rings. The van der Waals surface area contributed by atoms with Crippen LogP contribution in [0.2, 0.25) is 0 Å². The molecule has 0 saturated heterocycles. The van der Waals surface area contributed by atoms with Crippen molar-refractivity contribution in [3.05, 3.63) is 75.9 Å². The van der Waals surface area contributed by atoms with Crippen molar-refractivity contribution in [1.29, 1.82) is 0 Å². The highest BCUT2D eigenvalue weighted by Crippen LogP contribution is 2.35.